The molecular weight excluding hydrogens is 384 g/mol. The number of carbonyl (C=O) groups is 2. The van der Waals surface area contributed by atoms with Gasteiger partial charge < -0.3 is 25.2 Å². The van der Waals surface area contributed by atoms with Gasteiger partial charge in [0.2, 0.25) is 0 Å². The van der Waals surface area contributed by atoms with E-state index in [0.29, 0.717) is 24.2 Å². The van der Waals surface area contributed by atoms with Crippen LogP contribution in [0.3, 0.4) is 0 Å². The molecule has 0 heterocycles. The molecule has 0 aromatic heterocycles. The van der Waals surface area contributed by atoms with Gasteiger partial charge in [-0.1, -0.05) is 25.1 Å². The molecule has 0 saturated carbocycles. The number of aliphatic hydroxyl groups is 1. The van der Waals surface area contributed by atoms with E-state index < -0.39 is 18.0 Å². The van der Waals surface area contributed by atoms with Gasteiger partial charge in [-0.15, -0.1) is 0 Å². The first-order valence-corrected chi connectivity index (χ1v) is 9.88. The first-order valence-electron chi connectivity index (χ1n) is 9.88. The molecule has 0 radical (unpaired) electrons. The van der Waals surface area contributed by atoms with Gasteiger partial charge >= 0.3 is 11.9 Å². The molecule has 0 amide bonds. The van der Waals surface area contributed by atoms with Crippen LogP contribution in [0.2, 0.25) is 0 Å². The molecule has 0 spiro atoms. The summed E-state index contributed by atoms with van der Waals surface area (Å²) in [5, 5.41) is 16.6. The summed E-state index contributed by atoms with van der Waals surface area (Å²) in [5.41, 5.74) is 3.31. The second-order valence-electron chi connectivity index (χ2n) is 7.07. The van der Waals surface area contributed by atoms with E-state index in [2.05, 4.69) is 10.6 Å². The maximum atomic E-state index is 12.2. The molecule has 0 aliphatic rings. The van der Waals surface area contributed by atoms with Crippen molar-refractivity contribution in [3.05, 3.63) is 64.7 Å². The number of anilines is 1. The van der Waals surface area contributed by atoms with Crippen LogP contribution in [0.25, 0.3) is 0 Å². The molecule has 0 aliphatic carbocycles. The van der Waals surface area contributed by atoms with E-state index >= 15 is 0 Å². The van der Waals surface area contributed by atoms with Crippen molar-refractivity contribution in [1.82, 2.24) is 5.32 Å². The molecule has 2 aromatic rings. The lowest BCUT2D eigenvalue weighted by atomic mass is 9.91. The molecular formula is C23H30N2O5. The highest BCUT2D eigenvalue weighted by Crippen LogP contribution is 2.25. The highest BCUT2D eigenvalue weighted by atomic mass is 16.5. The summed E-state index contributed by atoms with van der Waals surface area (Å²) in [6.45, 7) is 3.09. The molecule has 7 nitrogen and oxygen atoms in total. The van der Waals surface area contributed by atoms with Gasteiger partial charge in [-0.3, -0.25) is 0 Å². The summed E-state index contributed by atoms with van der Waals surface area (Å²) >= 11 is 0. The number of benzene rings is 2. The van der Waals surface area contributed by atoms with Crippen molar-refractivity contribution in [2.45, 2.75) is 25.4 Å². The number of methoxy groups -OCH3 is 2. The molecule has 7 heteroatoms. The Bertz CT molecular complexity index is 851. The van der Waals surface area contributed by atoms with E-state index in [0.717, 1.165) is 23.2 Å². The molecule has 30 heavy (non-hydrogen) atoms. The maximum Gasteiger partial charge on any atom is 0.338 e. The third-order valence-electron chi connectivity index (χ3n) is 5.09. The van der Waals surface area contributed by atoms with Crippen LogP contribution in [-0.2, 0) is 9.47 Å². The molecule has 162 valence electrons. The Labute approximate surface area is 177 Å². The summed E-state index contributed by atoms with van der Waals surface area (Å²) in [6.07, 6.45) is 0.142. The van der Waals surface area contributed by atoms with Crippen molar-refractivity contribution < 1.29 is 24.2 Å². The Balaban J connectivity index is 1.95. The SMILES string of the molecule is CNc1ccc(C(O)CNCCC(C)c2ccc(C(=O)OC)cc2C(=O)OC)cc1. The lowest BCUT2D eigenvalue weighted by Crippen LogP contribution is -2.24. The fraction of sp³-hybridized carbons (Fsp3) is 0.391. The molecule has 0 bridgehead atoms. The van der Waals surface area contributed by atoms with E-state index in [9.17, 15) is 14.7 Å². The van der Waals surface area contributed by atoms with Crippen LogP contribution in [0.5, 0.6) is 0 Å². The highest BCUT2D eigenvalue weighted by molar-refractivity contribution is 5.96. The van der Waals surface area contributed by atoms with Gasteiger partial charge in [-0.05, 0) is 54.3 Å². The minimum atomic E-state index is -0.601. The first kappa shape index (κ1) is 23.4. The third kappa shape index (κ3) is 6.05. The zero-order valence-corrected chi connectivity index (χ0v) is 17.9. The van der Waals surface area contributed by atoms with Gasteiger partial charge in [0.15, 0.2) is 0 Å². The van der Waals surface area contributed by atoms with E-state index in [4.69, 9.17) is 9.47 Å². The first-order chi connectivity index (χ1) is 14.4. The van der Waals surface area contributed by atoms with Crippen LogP contribution < -0.4 is 10.6 Å². The summed E-state index contributed by atoms with van der Waals surface area (Å²) < 4.78 is 9.60. The fourth-order valence-electron chi connectivity index (χ4n) is 3.22. The number of hydrogen-bond acceptors (Lipinski definition) is 7. The van der Waals surface area contributed by atoms with Crippen molar-refractivity contribution in [1.29, 1.82) is 0 Å². The van der Waals surface area contributed by atoms with Crippen LogP contribution >= 0.6 is 0 Å². The third-order valence-corrected chi connectivity index (χ3v) is 5.09. The van der Waals surface area contributed by atoms with Gasteiger partial charge in [-0.2, -0.15) is 0 Å². The maximum absolute atomic E-state index is 12.2. The summed E-state index contributed by atoms with van der Waals surface area (Å²) in [6, 6.07) is 12.6. The second-order valence-corrected chi connectivity index (χ2v) is 7.07. The number of carbonyl (C=O) groups excluding carboxylic acids is 2. The number of ether oxygens (including phenoxy) is 2. The Morgan fingerprint density at radius 3 is 2.30 bits per heavy atom. The van der Waals surface area contributed by atoms with Gasteiger partial charge in [0.25, 0.3) is 0 Å². The molecule has 0 fully saturated rings. The van der Waals surface area contributed by atoms with Crippen molar-refractivity contribution in [3.63, 3.8) is 0 Å². The quantitative estimate of drug-likeness (QED) is 0.406. The lowest BCUT2D eigenvalue weighted by molar-refractivity contribution is 0.0598. The topological polar surface area (TPSA) is 96.9 Å². The molecule has 0 aliphatic heterocycles. The summed E-state index contributed by atoms with van der Waals surface area (Å²) in [5.74, 6) is -0.945. The zero-order chi connectivity index (χ0) is 22.1. The van der Waals surface area contributed by atoms with Crippen LogP contribution in [-0.4, -0.2) is 51.4 Å². The average molecular weight is 415 g/mol. The van der Waals surface area contributed by atoms with Crippen molar-refractivity contribution >= 4 is 17.6 Å². The second kappa shape index (κ2) is 11.3. The van der Waals surface area contributed by atoms with E-state index in [-0.39, 0.29) is 5.92 Å². The smallest absolute Gasteiger partial charge is 0.338 e. The van der Waals surface area contributed by atoms with Gasteiger partial charge in [0, 0.05) is 19.3 Å². The zero-order valence-electron chi connectivity index (χ0n) is 17.9. The largest absolute Gasteiger partial charge is 0.465 e. The number of aliphatic hydroxyl groups excluding tert-OH is 1. The Morgan fingerprint density at radius 1 is 1.03 bits per heavy atom. The molecule has 2 aromatic carbocycles. The van der Waals surface area contributed by atoms with Crippen molar-refractivity contribution in [2.24, 2.45) is 0 Å². The van der Waals surface area contributed by atoms with E-state index in [1.54, 1.807) is 12.1 Å². The van der Waals surface area contributed by atoms with Crippen LogP contribution in [0.1, 0.15) is 57.2 Å². The Hall–Kier alpha value is -2.90. The van der Waals surface area contributed by atoms with Crippen molar-refractivity contribution in [2.75, 3.05) is 39.7 Å². The summed E-state index contributed by atoms with van der Waals surface area (Å²) in [4.78, 5) is 24.0. The molecule has 2 atom stereocenters. The normalized spacial score (nSPS) is 12.7. The molecule has 3 N–H and O–H groups in total. The number of rotatable bonds is 10. The predicted molar refractivity (Wildman–Crippen MR) is 116 cm³/mol. The van der Waals surface area contributed by atoms with Crippen LogP contribution in [0.4, 0.5) is 5.69 Å². The van der Waals surface area contributed by atoms with Crippen LogP contribution in [0, 0.1) is 0 Å². The van der Waals surface area contributed by atoms with E-state index in [1.165, 1.54) is 20.3 Å². The van der Waals surface area contributed by atoms with Crippen LogP contribution in [0.15, 0.2) is 42.5 Å². The summed E-state index contributed by atoms with van der Waals surface area (Å²) in [7, 11) is 4.46. The molecule has 0 saturated heterocycles. The fourth-order valence-corrected chi connectivity index (χ4v) is 3.22. The minimum Gasteiger partial charge on any atom is -0.465 e. The van der Waals surface area contributed by atoms with E-state index in [1.807, 2.05) is 38.2 Å². The minimum absolute atomic E-state index is 0.0466. The van der Waals surface area contributed by atoms with Gasteiger partial charge in [0.1, 0.15) is 0 Å². The number of hydrogen-bond donors (Lipinski definition) is 3. The standard InChI is InChI=1S/C23H30N2O5/c1-15(11-12-25-14-21(26)16-5-8-18(24-2)9-6-16)19-10-7-17(22(27)29-3)13-20(19)23(28)30-4/h5-10,13,15,21,24-26H,11-12,14H2,1-4H3. The highest BCUT2D eigenvalue weighted by Gasteiger charge is 2.19. The average Bonchev–Trinajstić information content (AvgIpc) is 2.80. The molecule has 2 rings (SSSR count). The monoisotopic (exact) mass is 414 g/mol. The lowest BCUT2D eigenvalue weighted by Gasteiger charge is -2.18. The van der Waals surface area contributed by atoms with Gasteiger partial charge in [-0.25, -0.2) is 9.59 Å². The Kier molecular flexibility index (Phi) is 8.83. The predicted octanol–water partition coefficient (Wildman–Crippen LogP) is 3.12. The number of nitrogens with one attached hydrogen (secondary N) is 2. The molecule has 2 unspecified atom stereocenters. The number of esters is 2. The van der Waals surface area contributed by atoms with Crippen molar-refractivity contribution in [3.8, 4) is 0 Å². The Morgan fingerprint density at radius 2 is 1.70 bits per heavy atom. The van der Waals surface area contributed by atoms with Gasteiger partial charge in [0.05, 0.1) is 31.5 Å².